The van der Waals surface area contributed by atoms with Gasteiger partial charge in [0.2, 0.25) is 0 Å². The summed E-state index contributed by atoms with van der Waals surface area (Å²) in [5, 5.41) is 5.77. The molecule has 0 atom stereocenters. The number of carbonyl (C=O) groups is 1. The van der Waals surface area contributed by atoms with Crippen LogP contribution in [0.25, 0.3) is 0 Å². The molecule has 0 spiro atoms. The number of amides is 2. The highest BCUT2D eigenvalue weighted by atomic mass is 16.2. The summed E-state index contributed by atoms with van der Waals surface area (Å²) in [7, 11) is 4.07. The Morgan fingerprint density at radius 3 is 2.39 bits per heavy atom. The molecule has 4 heteroatoms. The molecule has 2 amide bonds. The first kappa shape index (κ1) is 16.9. The van der Waals surface area contributed by atoms with Crippen molar-refractivity contribution < 1.29 is 4.79 Å². The first-order valence-electron chi connectivity index (χ1n) is 7.93. The lowest BCUT2D eigenvalue weighted by atomic mass is 10.1. The SMILES string of the molecule is Cc1ccccc1NC(=O)NCCCc1ccc(N(C)C)cc1. The van der Waals surface area contributed by atoms with Gasteiger partial charge in [-0.2, -0.15) is 0 Å². The van der Waals surface area contributed by atoms with Crippen LogP contribution in [-0.2, 0) is 6.42 Å². The molecular formula is C19H25N3O. The first-order valence-corrected chi connectivity index (χ1v) is 7.93. The maximum Gasteiger partial charge on any atom is 0.319 e. The predicted molar refractivity (Wildman–Crippen MR) is 97.3 cm³/mol. The fourth-order valence-electron chi connectivity index (χ4n) is 2.33. The van der Waals surface area contributed by atoms with Crippen molar-refractivity contribution in [3.8, 4) is 0 Å². The Morgan fingerprint density at radius 1 is 1.04 bits per heavy atom. The minimum absolute atomic E-state index is 0.151. The summed E-state index contributed by atoms with van der Waals surface area (Å²) >= 11 is 0. The van der Waals surface area contributed by atoms with Gasteiger partial charge in [-0.25, -0.2) is 4.79 Å². The van der Waals surface area contributed by atoms with Gasteiger partial charge in [0.25, 0.3) is 0 Å². The second kappa shape index (κ2) is 8.22. The minimum atomic E-state index is -0.151. The highest BCUT2D eigenvalue weighted by molar-refractivity contribution is 5.89. The van der Waals surface area contributed by atoms with E-state index in [1.54, 1.807) is 0 Å². The van der Waals surface area contributed by atoms with Crippen molar-refractivity contribution in [2.24, 2.45) is 0 Å². The van der Waals surface area contributed by atoms with Gasteiger partial charge >= 0.3 is 6.03 Å². The lowest BCUT2D eigenvalue weighted by molar-refractivity contribution is 0.252. The van der Waals surface area contributed by atoms with Crippen LogP contribution >= 0.6 is 0 Å². The third-order valence-electron chi connectivity index (χ3n) is 3.77. The van der Waals surface area contributed by atoms with E-state index < -0.39 is 0 Å². The van der Waals surface area contributed by atoms with Crippen molar-refractivity contribution in [1.82, 2.24) is 5.32 Å². The number of urea groups is 1. The van der Waals surface area contributed by atoms with Gasteiger partial charge in [-0.1, -0.05) is 30.3 Å². The van der Waals surface area contributed by atoms with E-state index in [-0.39, 0.29) is 6.03 Å². The van der Waals surface area contributed by atoms with E-state index in [4.69, 9.17) is 0 Å². The summed E-state index contributed by atoms with van der Waals surface area (Å²) in [6.07, 6.45) is 1.88. The Balaban J connectivity index is 1.70. The number of nitrogens with one attached hydrogen (secondary N) is 2. The van der Waals surface area contributed by atoms with Gasteiger partial charge in [-0.05, 0) is 49.1 Å². The highest BCUT2D eigenvalue weighted by Gasteiger charge is 2.03. The standard InChI is InChI=1S/C19H25N3O/c1-15-7-4-5-9-18(15)21-19(23)20-14-6-8-16-10-12-17(13-11-16)22(2)3/h4-5,7,9-13H,6,8,14H2,1-3H3,(H2,20,21,23). The van der Waals surface area contributed by atoms with Gasteiger partial charge in [0, 0.05) is 32.0 Å². The summed E-state index contributed by atoms with van der Waals surface area (Å²) in [6, 6.07) is 16.1. The number of hydrogen-bond acceptors (Lipinski definition) is 2. The van der Waals surface area contributed by atoms with Crippen LogP contribution in [-0.4, -0.2) is 26.7 Å². The number of aryl methyl sites for hydroxylation is 2. The van der Waals surface area contributed by atoms with E-state index in [2.05, 4.69) is 39.8 Å². The molecule has 0 radical (unpaired) electrons. The maximum atomic E-state index is 11.9. The lowest BCUT2D eigenvalue weighted by Gasteiger charge is -2.13. The van der Waals surface area contributed by atoms with Crippen LogP contribution in [0.4, 0.5) is 16.2 Å². The Kier molecular flexibility index (Phi) is 6.03. The number of rotatable bonds is 6. The van der Waals surface area contributed by atoms with Crippen molar-refractivity contribution in [3.63, 3.8) is 0 Å². The van der Waals surface area contributed by atoms with Crippen LogP contribution < -0.4 is 15.5 Å². The number of carbonyl (C=O) groups excluding carboxylic acids is 1. The molecule has 0 saturated carbocycles. The summed E-state index contributed by atoms with van der Waals surface area (Å²) in [5.74, 6) is 0. The van der Waals surface area contributed by atoms with E-state index in [0.717, 1.165) is 24.1 Å². The molecule has 0 unspecified atom stereocenters. The van der Waals surface area contributed by atoms with Crippen LogP contribution in [0.2, 0.25) is 0 Å². The number of benzene rings is 2. The number of nitrogens with zero attached hydrogens (tertiary/aromatic N) is 1. The van der Waals surface area contributed by atoms with Crippen molar-refractivity contribution in [1.29, 1.82) is 0 Å². The minimum Gasteiger partial charge on any atom is -0.378 e. The molecule has 0 aromatic heterocycles. The van der Waals surface area contributed by atoms with Crippen LogP contribution in [0, 0.1) is 6.92 Å². The van der Waals surface area contributed by atoms with Gasteiger partial charge in [-0.3, -0.25) is 0 Å². The molecule has 0 saturated heterocycles. The second-order valence-electron chi connectivity index (χ2n) is 5.86. The molecule has 0 aliphatic heterocycles. The molecule has 2 aromatic carbocycles. The first-order chi connectivity index (χ1) is 11.1. The molecule has 0 heterocycles. The van der Waals surface area contributed by atoms with Gasteiger partial charge < -0.3 is 15.5 Å². The zero-order valence-electron chi connectivity index (χ0n) is 14.1. The third-order valence-corrected chi connectivity index (χ3v) is 3.77. The average molecular weight is 311 g/mol. The van der Waals surface area contributed by atoms with Crippen molar-refractivity contribution in [3.05, 3.63) is 59.7 Å². The molecule has 23 heavy (non-hydrogen) atoms. The van der Waals surface area contributed by atoms with Crippen LogP contribution in [0.15, 0.2) is 48.5 Å². The van der Waals surface area contributed by atoms with E-state index in [1.165, 1.54) is 11.3 Å². The number of anilines is 2. The zero-order valence-corrected chi connectivity index (χ0v) is 14.1. The highest BCUT2D eigenvalue weighted by Crippen LogP contribution is 2.14. The molecule has 0 aliphatic carbocycles. The smallest absolute Gasteiger partial charge is 0.319 e. The molecule has 0 aliphatic rings. The van der Waals surface area contributed by atoms with Crippen molar-refractivity contribution in [2.45, 2.75) is 19.8 Å². The maximum absolute atomic E-state index is 11.9. The monoisotopic (exact) mass is 311 g/mol. The molecular weight excluding hydrogens is 286 g/mol. The summed E-state index contributed by atoms with van der Waals surface area (Å²) in [6.45, 7) is 2.64. The molecule has 2 aromatic rings. The summed E-state index contributed by atoms with van der Waals surface area (Å²) in [5.41, 5.74) is 4.40. The fraction of sp³-hybridized carbons (Fsp3) is 0.316. The third kappa shape index (κ3) is 5.33. The molecule has 4 nitrogen and oxygen atoms in total. The van der Waals surface area contributed by atoms with Crippen LogP contribution in [0.1, 0.15) is 17.5 Å². The average Bonchev–Trinajstić information content (AvgIpc) is 2.54. The van der Waals surface area contributed by atoms with Crippen LogP contribution in [0.5, 0.6) is 0 Å². The van der Waals surface area contributed by atoms with Crippen LogP contribution in [0.3, 0.4) is 0 Å². The van der Waals surface area contributed by atoms with E-state index in [9.17, 15) is 4.79 Å². The Labute approximate surface area is 138 Å². The Morgan fingerprint density at radius 2 is 1.74 bits per heavy atom. The summed E-state index contributed by atoms with van der Waals surface area (Å²) in [4.78, 5) is 14.0. The topological polar surface area (TPSA) is 44.4 Å². The second-order valence-corrected chi connectivity index (χ2v) is 5.86. The molecule has 2 N–H and O–H groups in total. The molecule has 122 valence electrons. The van der Waals surface area contributed by atoms with Crippen molar-refractivity contribution in [2.75, 3.05) is 30.9 Å². The molecule has 0 fully saturated rings. The summed E-state index contributed by atoms with van der Waals surface area (Å²) < 4.78 is 0. The van der Waals surface area contributed by atoms with E-state index in [1.807, 2.05) is 45.3 Å². The quantitative estimate of drug-likeness (QED) is 0.797. The van der Waals surface area contributed by atoms with Gasteiger partial charge in [0.1, 0.15) is 0 Å². The largest absolute Gasteiger partial charge is 0.378 e. The van der Waals surface area contributed by atoms with Gasteiger partial charge in [0.05, 0.1) is 0 Å². The fourth-order valence-corrected chi connectivity index (χ4v) is 2.33. The van der Waals surface area contributed by atoms with Crippen molar-refractivity contribution >= 4 is 17.4 Å². The van der Waals surface area contributed by atoms with Gasteiger partial charge in [0.15, 0.2) is 0 Å². The Hall–Kier alpha value is -2.49. The van der Waals surface area contributed by atoms with E-state index >= 15 is 0 Å². The zero-order chi connectivity index (χ0) is 16.7. The van der Waals surface area contributed by atoms with Gasteiger partial charge in [-0.15, -0.1) is 0 Å². The Bertz CT molecular complexity index is 635. The number of hydrogen-bond donors (Lipinski definition) is 2. The molecule has 0 bridgehead atoms. The predicted octanol–water partition coefficient (Wildman–Crippen LogP) is 3.82. The number of para-hydroxylation sites is 1. The normalized spacial score (nSPS) is 10.2. The van der Waals surface area contributed by atoms with E-state index in [0.29, 0.717) is 6.54 Å². The molecule has 2 rings (SSSR count). The lowest BCUT2D eigenvalue weighted by Crippen LogP contribution is -2.30.